The third-order valence-corrected chi connectivity index (χ3v) is 1.81. The van der Waals surface area contributed by atoms with Gasteiger partial charge in [0.25, 0.3) is 0 Å². The third kappa shape index (κ3) is 2.48. The number of hydrogen-bond acceptors (Lipinski definition) is 1. The highest BCUT2D eigenvalue weighted by molar-refractivity contribution is 5.46. The standard InChI is InChI=1S/C11H12FN/c1-3-9(4-2)13-11-8-6-5-7-10(11)12/h1,5-9,13H,4H2,2H3. The number of nitrogens with one attached hydrogen (secondary N) is 1. The van der Waals surface area contributed by atoms with E-state index in [1.807, 2.05) is 6.92 Å². The smallest absolute Gasteiger partial charge is 0.146 e. The third-order valence-electron chi connectivity index (χ3n) is 1.81. The van der Waals surface area contributed by atoms with Gasteiger partial charge in [-0.05, 0) is 18.6 Å². The maximum atomic E-state index is 13.1. The van der Waals surface area contributed by atoms with Crippen LogP contribution >= 0.6 is 0 Å². The second-order valence-corrected chi connectivity index (χ2v) is 2.75. The topological polar surface area (TPSA) is 12.0 Å². The van der Waals surface area contributed by atoms with Crippen LogP contribution < -0.4 is 5.32 Å². The van der Waals surface area contributed by atoms with E-state index in [9.17, 15) is 4.39 Å². The summed E-state index contributed by atoms with van der Waals surface area (Å²) in [6.45, 7) is 1.96. The van der Waals surface area contributed by atoms with Crippen molar-refractivity contribution in [2.45, 2.75) is 19.4 Å². The van der Waals surface area contributed by atoms with Crippen LogP contribution in [0, 0.1) is 18.2 Å². The molecule has 1 aromatic rings. The number of hydrogen-bond donors (Lipinski definition) is 1. The van der Waals surface area contributed by atoms with Gasteiger partial charge in [0, 0.05) is 0 Å². The van der Waals surface area contributed by atoms with Crippen molar-refractivity contribution in [3.05, 3.63) is 30.1 Å². The number of terminal acetylenes is 1. The minimum absolute atomic E-state index is 0.100. The van der Waals surface area contributed by atoms with Gasteiger partial charge in [-0.1, -0.05) is 25.0 Å². The summed E-state index contributed by atoms with van der Waals surface area (Å²) in [5, 5.41) is 2.94. The Bertz CT molecular complexity index is 314. The fraction of sp³-hybridized carbons (Fsp3) is 0.273. The molecule has 0 saturated carbocycles. The molecule has 0 aliphatic rings. The van der Waals surface area contributed by atoms with Crippen molar-refractivity contribution in [2.24, 2.45) is 0 Å². The van der Waals surface area contributed by atoms with Crippen LogP contribution in [0.3, 0.4) is 0 Å². The Balaban J connectivity index is 2.74. The molecule has 0 saturated heterocycles. The zero-order valence-electron chi connectivity index (χ0n) is 7.55. The lowest BCUT2D eigenvalue weighted by Crippen LogP contribution is -2.16. The molecular formula is C11H12FN. The van der Waals surface area contributed by atoms with Crippen LogP contribution in [0.4, 0.5) is 10.1 Å². The summed E-state index contributed by atoms with van der Waals surface area (Å²) in [6.07, 6.45) is 6.03. The molecule has 1 unspecified atom stereocenters. The maximum Gasteiger partial charge on any atom is 0.146 e. The molecule has 0 spiro atoms. The molecule has 13 heavy (non-hydrogen) atoms. The molecule has 1 nitrogen and oxygen atoms in total. The lowest BCUT2D eigenvalue weighted by atomic mass is 10.2. The monoisotopic (exact) mass is 177 g/mol. The van der Waals surface area contributed by atoms with E-state index in [4.69, 9.17) is 6.42 Å². The van der Waals surface area contributed by atoms with E-state index in [1.54, 1.807) is 18.2 Å². The molecule has 0 radical (unpaired) electrons. The average Bonchev–Trinajstić information content (AvgIpc) is 2.17. The highest BCUT2D eigenvalue weighted by Gasteiger charge is 2.04. The van der Waals surface area contributed by atoms with Crippen LogP contribution in [0.25, 0.3) is 0 Å². The largest absolute Gasteiger partial charge is 0.369 e. The molecule has 0 aromatic heterocycles. The Kier molecular flexibility index (Phi) is 3.33. The lowest BCUT2D eigenvalue weighted by Gasteiger charge is -2.12. The van der Waals surface area contributed by atoms with E-state index in [2.05, 4.69) is 11.2 Å². The molecule has 2 heteroatoms. The van der Waals surface area contributed by atoms with E-state index in [-0.39, 0.29) is 11.9 Å². The van der Waals surface area contributed by atoms with Crippen LogP contribution in [0.5, 0.6) is 0 Å². The Morgan fingerprint density at radius 1 is 1.54 bits per heavy atom. The van der Waals surface area contributed by atoms with E-state index >= 15 is 0 Å². The molecule has 0 amide bonds. The minimum atomic E-state index is -0.267. The van der Waals surface area contributed by atoms with Crippen molar-refractivity contribution in [3.8, 4) is 12.3 Å². The van der Waals surface area contributed by atoms with Crippen molar-refractivity contribution < 1.29 is 4.39 Å². The van der Waals surface area contributed by atoms with Crippen LogP contribution in [-0.4, -0.2) is 6.04 Å². The van der Waals surface area contributed by atoms with Gasteiger partial charge in [0.2, 0.25) is 0 Å². The van der Waals surface area contributed by atoms with E-state index < -0.39 is 0 Å². The molecule has 1 N–H and O–H groups in total. The van der Waals surface area contributed by atoms with Gasteiger partial charge in [-0.15, -0.1) is 6.42 Å². The second-order valence-electron chi connectivity index (χ2n) is 2.75. The molecule has 1 atom stereocenters. The van der Waals surface area contributed by atoms with E-state index in [0.717, 1.165) is 6.42 Å². The Labute approximate surface area is 78.0 Å². The van der Waals surface area contributed by atoms with Crippen molar-refractivity contribution in [1.82, 2.24) is 0 Å². The molecular weight excluding hydrogens is 165 g/mol. The van der Waals surface area contributed by atoms with Crippen LogP contribution in [0.15, 0.2) is 24.3 Å². The SMILES string of the molecule is C#CC(CC)Nc1ccccc1F. The first-order chi connectivity index (χ1) is 6.27. The predicted molar refractivity (Wildman–Crippen MR) is 52.9 cm³/mol. The normalized spacial score (nSPS) is 11.8. The molecule has 1 aromatic carbocycles. The fourth-order valence-electron chi connectivity index (χ4n) is 1.03. The Morgan fingerprint density at radius 3 is 2.77 bits per heavy atom. The molecule has 0 aliphatic heterocycles. The first kappa shape index (κ1) is 9.60. The summed E-state index contributed by atoms with van der Waals surface area (Å²) in [7, 11) is 0. The van der Waals surface area contributed by atoms with Gasteiger partial charge in [0.05, 0.1) is 11.7 Å². The van der Waals surface area contributed by atoms with Crippen LogP contribution in [0.2, 0.25) is 0 Å². The maximum absolute atomic E-state index is 13.1. The number of benzene rings is 1. The number of halogens is 1. The zero-order chi connectivity index (χ0) is 9.68. The van der Waals surface area contributed by atoms with Gasteiger partial charge in [-0.3, -0.25) is 0 Å². The van der Waals surface area contributed by atoms with Gasteiger partial charge in [0.1, 0.15) is 5.82 Å². The van der Waals surface area contributed by atoms with Gasteiger partial charge >= 0.3 is 0 Å². The van der Waals surface area contributed by atoms with Crippen molar-refractivity contribution in [2.75, 3.05) is 5.32 Å². The summed E-state index contributed by atoms with van der Waals surface area (Å²) >= 11 is 0. The highest BCUT2D eigenvalue weighted by atomic mass is 19.1. The predicted octanol–water partition coefficient (Wildman–Crippen LogP) is 2.65. The highest BCUT2D eigenvalue weighted by Crippen LogP contribution is 2.14. The van der Waals surface area contributed by atoms with Crippen molar-refractivity contribution in [3.63, 3.8) is 0 Å². The van der Waals surface area contributed by atoms with E-state index in [1.165, 1.54) is 6.07 Å². The molecule has 0 aliphatic carbocycles. The second kappa shape index (κ2) is 4.51. The molecule has 1 rings (SSSR count). The Hall–Kier alpha value is -1.49. The molecule has 0 bridgehead atoms. The number of anilines is 1. The summed E-state index contributed by atoms with van der Waals surface area (Å²) in [4.78, 5) is 0. The zero-order valence-corrected chi connectivity index (χ0v) is 7.55. The summed E-state index contributed by atoms with van der Waals surface area (Å²) in [5.74, 6) is 2.28. The van der Waals surface area contributed by atoms with Crippen molar-refractivity contribution >= 4 is 5.69 Å². The summed E-state index contributed by atoms with van der Waals surface area (Å²) < 4.78 is 13.1. The molecule has 68 valence electrons. The number of para-hydroxylation sites is 1. The summed E-state index contributed by atoms with van der Waals surface area (Å²) in [5.41, 5.74) is 0.465. The summed E-state index contributed by atoms with van der Waals surface area (Å²) in [6, 6.07) is 6.41. The minimum Gasteiger partial charge on any atom is -0.369 e. The lowest BCUT2D eigenvalue weighted by molar-refractivity contribution is 0.628. The fourth-order valence-corrected chi connectivity index (χ4v) is 1.03. The van der Waals surface area contributed by atoms with Crippen LogP contribution in [-0.2, 0) is 0 Å². The van der Waals surface area contributed by atoms with E-state index in [0.29, 0.717) is 5.69 Å². The number of rotatable bonds is 3. The van der Waals surface area contributed by atoms with Gasteiger partial charge in [-0.2, -0.15) is 0 Å². The Morgan fingerprint density at radius 2 is 2.23 bits per heavy atom. The first-order valence-electron chi connectivity index (χ1n) is 4.25. The van der Waals surface area contributed by atoms with Gasteiger partial charge in [-0.25, -0.2) is 4.39 Å². The average molecular weight is 177 g/mol. The van der Waals surface area contributed by atoms with Crippen LogP contribution in [0.1, 0.15) is 13.3 Å². The first-order valence-corrected chi connectivity index (χ1v) is 4.25. The van der Waals surface area contributed by atoms with Gasteiger partial charge in [0.15, 0.2) is 0 Å². The van der Waals surface area contributed by atoms with Gasteiger partial charge < -0.3 is 5.32 Å². The quantitative estimate of drug-likeness (QED) is 0.700. The van der Waals surface area contributed by atoms with Crippen molar-refractivity contribution in [1.29, 1.82) is 0 Å². The molecule has 0 heterocycles. The molecule has 0 fully saturated rings.